The highest BCUT2D eigenvalue weighted by Gasteiger charge is 2.07. The summed E-state index contributed by atoms with van der Waals surface area (Å²) in [6.07, 6.45) is 0. The van der Waals surface area contributed by atoms with Crippen LogP contribution >= 0.6 is 0 Å². The summed E-state index contributed by atoms with van der Waals surface area (Å²) in [5, 5.41) is 2.77. The lowest BCUT2D eigenvalue weighted by molar-refractivity contribution is 0.0948. The molecule has 4 nitrogen and oxygen atoms in total. The average molecular weight is 256 g/mol. The Morgan fingerprint density at radius 3 is 2.47 bits per heavy atom. The van der Waals surface area contributed by atoms with Gasteiger partial charge in [-0.25, -0.2) is 0 Å². The Morgan fingerprint density at radius 2 is 1.74 bits per heavy atom. The maximum absolute atomic E-state index is 11.8. The molecule has 1 amide bonds. The standard InChI is InChI=1S/C15H16N2O2/c16-14-9-5-4-8-13(14)15(18)17-10-11-19-12-6-2-1-3-7-12/h1-9H,10-11,16H2,(H,17,18). The summed E-state index contributed by atoms with van der Waals surface area (Å²) < 4.78 is 5.48. The van der Waals surface area contributed by atoms with Gasteiger partial charge >= 0.3 is 0 Å². The molecule has 0 saturated carbocycles. The van der Waals surface area contributed by atoms with Crippen molar-refractivity contribution in [3.8, 4) is 5.75 Å². The van der Waals surface area contributed by atoms with Crippen molar-refractivity contribution < 1.29 is 9.53 Å². The zero-order valence-electron chi connectivity index (χ0n) is 10.5. The van der Waals surface area contributed by atoms with Gasteiger partial charge in [-0.3, -0.25) is 4.79 Å². The lowest BCUT2D eigenvalue weighted by Gasteiger charge is -2.08. The van der Waals surface area contributed by atoms with Gasteiger partial charge in [-0.2, -0.15) is 0 Å². The summed E-state index contributed by atoms with van der Waals surface area (Å²) in [6, 6.07) is 16.5. The van der Waals surface area contributed by atoms with Crippen molar-refractivity contribution in [2.45, 2.75) is 0 Å². The summed E-state index contributed by atoms with van der Waals surface area (Å²) in [5.41, 5.74) is 6.69. The number of nitrogen functional groups attached to an aromatic ring is 1. The highest BCUT2D eigenvalue weighted by Crippen LogP contribution is 2.10. The first kappa shape index (κ1) is 13.0. The highest BCUT2D eigenvalue weighted by atomic mass is 16.5. The number of rotatable bonds is 5. The van der Waals surface area contributed by atoms with Crippen molar-refractivity contribution in [3.63, 3.8) is 0 Å². The maximum atomic E-state index is 11.8. The molecular formula is C15H16N2O2. The third-order valence-electron chi connectivity index (χ3n) is 2.60. The third-order valence-corrected chi connectivity index (χ3v) is 2.60. The molecule has 0 unspecified atom stereocenters. The summed E-state index contributed by atoms with van der Waals surface area (Å²) in [4.78, 5) is 11.8. The van der Waals surface area contributed by atoms with Crippen molar-refractivity contribution in [2.24, 2.45) is 0 Å². The van der Waals surface area contributed by atoms with E-state index in [1.165, 1.54) is 0 Å². The molecule has 0 aliphatic heterocycles. The quantitative estimate of drug-likeness (QED) is 0.636. The highest BCUT2D eigenvalue weighted by molar-refractivity contribution is 5.99. The normalized spacial score (nSPS) is 9.89. The van der Waals surface area contributed by atoms with Crippen LogP contribution in [0.2, 0.25) is 0 Å². The molecule has 4 heteroatoms. The fraction of sp³-hybridized carbons (Fsp3) is 0.133. The van der Waals surface area contributed by atoms with E-state index in [1.54, 1.807) is 24.3 Å². The van der Waals surface area contributed by atoms with Crippen molar-refractivity contribution in [1.82, 2.24) is 5.32 Å². The van der Waals surface area contributed by atoms with Crippen LogP contribution < -0.4 is 15.8 Å². The van der Waals surface area contributed by atoms with Crippen LogP contribution in [0, 0.1) is 0 Å². The lowest BCUT2D eigenvalue weighted by Crippen LogP contribution is -2.28. The SMILES string of the molecule is Nc1ccccc1C(=O)NCCOc1ccccc1. The smallest absolute Gasteiger partial charge is 0.253 e. The molecule has 0 heterocycles. The second kappa shape index (κ2) is 6.44. The minimum absolute atomic E-state index is 0.185. The van der Waals surface area contributed by atoms with Crippen LogP contribution in [0.4, 0.5) is 5.69 Å². The molecule has 0 aliphatic carbocycles. The van der Waals surface area contributed by atoms with Crippen LogP contribution in [0.1, 0.15) is 10.4 Å². The van der Waals surface area contributed by atoms with Gasteiger partial charge < -0.3 is 15.8 Å². The van der Waals surface area contributed by atoms with Crippen molar-refractivity contribution >= 4 is 11.6 Å². The first-order chi connectivity index (χ1) is 9.27. The van der Waals surface area contributed by atoms with Gasteiger partial charge in [0.15, 0.2) is 0 Å². The average Bonchev–Trinajstić information content (AvgIpc) is 2.45. The number of amides is 1. The van der Waals surface area contributed by atoms with Gasteiger partial charge in [0.2, 0.25) is 0 Å². The van der Waals surface area contributed by atoms with E-state index in [9.17, 15) is 4.79 Å². The van der Waals surface area contributed by atoms with Gasteiger partial charge in [0.05, 0.1) is 12.1 Å². The molecular weight excluding hydrogens is 240 g/mol. The Kier molecular flexibility index (Phi) is 4.39. The number of hydrogen-bond donors (Lipinski definition) is 2. The number of carbonyl (C=O) groups is 1. The molecule has 2 aromatic rings. The molecule has 2 aromatic carbocycles. The van der Waals surface area contributed by atoms with Crippen molar-refractivity contribution in [2.75, 3.05) is 18.9 Å². The zero-order valence-corrected chi connectivity index (χ0v) is 10.5. The van der Waals surface area contributed by atoms with E-state index in [4.69, 9.17) is 10.5 Å². The topological polar surface area (TPSA) is 64.4 Å². The fourth-order valence-electron chi connectivity index (χ4n) is 1.65. The first-order valence-corrected chi connectivity index (χ1v) is 6.08. The Hall–Kier alpha value is -2.49. The van der Waals surface area contributed by atoms with Gasteiger partial charge in [-0.15, -0.1) is 0 Å². The minimum Gasteiger partial charge on any atom is -0.492 e. The van der Waals surface area contributed by atoms with E-state index in [1.807, 2.05) is 30.3 Å². The number of carbonyl (C=O) groups excluding carboxylic acids is 1. The molecule has 3 N–H and O–H groups in total. The van der Waals surface area contributed by atoms with Crippen LogP contribution in [0.5, 0.6) is 5.75 Å². The van der Waals surface area contributed by atoms with E-state index in [-0.39, 0.29) is 5.91 Å². The van der Waals surface area contributed by atoms with E-state index in [0.29, 0.717) is 24.4 Å². The van der Waals surface area contributed by atoms with E-state index < -0.39 is 0 Å². The summed E-state index contributed by atoms with van der Waals surface area (Å²) >= 11 is 0. The van der Waals surface area contributed by atoms with Crippen LogP contribution in [0.25, 0.3) is 0 Å². The number of hydrogen-bond acceptors (Lipinski definition) is 3. The summed E-state index contributed by atoms with van der Waals surface area (Å²) in [5.74, 6) is 0.603. The van der Waals surface area contributed by atoms with Gasteiger partial charge in [0.1, 0.15) is 12.4 Å². The number of para-hydroxylation sites is 2. The maximum Gasteiger partial charge on any atom is 0.253 e. The number of anilines is 1. The molecule has 0 bridgehead atoms. The van der Waals surface area contributed by atoms with Gasteiger partial charge in [-0.1, -0.05) is 30.3 Å². The lowest BCUT2D eigenvalue weighted by atomic mass is 10.2. The molecule has 0 saturated heterocycles. The molecule has 19 heavy (non-hydrogen) atoms. The second-order valence-electron chi connectivity index (χ2n) is 4.00. The van der Waals surface area contributed by atoms with Crippen molar-refractivity contribution in [1.29, 1.82) is 0 Å². The molecule has 2 rings (SSSR count). The zero-order chi connectivity index (χ0) is 13.5. The van der Waals surface area contributed by atoms with Gasteiger partial charge in [0.25, 0.3) is 5.91 Å². The third kappa shape index (κ3) is 3.74. The summed E-state index contributed by atoms with van der Waals surface area (Å²) in [7, 11) is 0. The molecule has 0 atom stereocenters. The van der Waals surface area contributed by atoms with Crippen LogP contribution in [-0.2, 0) is 0 Å². The first-order valence-electron chi connectivity index (χ1n) is 6.08. The fourth-order valence-corrected chi connectivity index (χ4v) is 1.65. The molecule has 0 spiro atoms. The van der Waals surface area contributed by atoms with E-state index in [2.05, 4.69) is 5.32 Å². The Labute approximate surface area is 112 Å². The largest absolute Gasteiger partial charge is 0.492 e. The Morgan fingerprint density at radius 1 is 1.05 bits per heavy atom. The number of nitrogens with two attached hydrogens (primary N) is 1. The molecule has 0 fully saturated rings. The van der Waals surface area contributed by atoms with E-state index >= 15 is 0 Å². The molecule has 0 aromatic heterocycles. The van der Waals surface area contributed by atoms with Crippen molar-refractivity contribution in [3.05, 3.63) is 60.2 Å². The number of ether oxygens (including phenoxy) is 1. The van der Waals surface area contributed by atoms with E-state index in [0.717, 1.165) is 5.75 Å². The Bertz CT molecular complexity index is 541. The van der Waals surface area contributed by atoms with Crippen LogP contribution in [0.3, 0.4) is 0 Å². The number of benzene rings is 2. The minimum atomic E-state index is -0.185. The van der Waals surface area contributed by atoms with Crippen LogP contribution in [-0.4, -0.2) is 19.1 Å². The Balaban J connectivity index is 1.77. The predicted molar refractivity (Wildman–Crippen MR) is 75.1 cm³/mol. The molecule has 0 aliphatic rings. The monoisotopic (exact) mass is 256 g/mol. The van der Waals surface area contributed by atoms with Gasteiger partial charge in [-0.05, 0) is 24.3 Å². The number of nitrogens with one attached hydrogen (secondary N) is 1. The summed E-state index contributed by atoms with van der Waals surface area (Å²) in [6.45, 7) is 0.852. The van der Waals surface area contributed by atoms with Crippen LogP contribution in [0.15, 0.2) is 54.6 Å². The predicted octanol–water partition coefficient (Wildman–Crippen LogP) is 2.08. The van der Waals surface area contributed by atoms with Gasteiger partial charge in [0, 0.05) is 5.69 Å². The molecule has 98 valence electrons. The second-order valence-corrected chi connectivity index (χ2v) is 4.00. The molecule has 0 radical (unpaired) electrons.